The fourth-order valence-corrected chi connectivity index (χ4v) is 5.78. The molecule has 27 heavy (non-hydrogen) atoms. The number of fused-ring (bicyclic) bond motifs is 3. The van der Waals surface area contributed by atoms with Crippen LogP contribution in [0.15, 0.2) is 36.4 Å². The van der Waals surface area contributed by atoms with Crippen LogP contribution in [0.25, 0.3) is 0 Å². The first-order valence-corrected chi connectivity index (χ1v) is 10.6. The van der Waals surface area contributed by atoms with Gasteiger partial charge in [-0.1, -0.05) is 35.9 Å². The number of hydrogen-bond acceptors (Lipinski definition) is 3. The summed E-state index contributed by atoms with van der Waals surface area (Å²) < 4.78 is 0. The summed E-state index contributed by atoms with van der Waals surface area (Å²) in [7, 11) is 0. The van der Waals surface area contributed by atoms with Gasteiger partial charge in [-0.3, -0.25) is 0 Å². The molecule has 142 valence electrons. The molecule has 3 nitrogen and oxygen atoms in total. The van der Waals surface area contributed by atoms with Gasteiger partial charge in [0.05, 0.1) is 0 Å². The Balaban J connectivity index is 1.24. The zero-order valence-electron chi connectivity index (χ0n) is 15.7. The molecule has 2 N–H and O–H groups in total. The summed E-state index contributed by atoms with van der Waals surface area (Å²) in [5.74, 6) is 0.361. The van der Waals surface area contributed by atoms with E-state index in [4.69, 9.17) is 11.6 Å². The summed E-state index contributed by atoms with van der Waals surface area (Å²) in [6.45, 7) is 4.11. The second-order valence-electron chi connectivity index (χ2n) is 8.54. The van der Waals surface area contributed by atoms with Crippen LogP contribution in [0.3, 0.4) is 0 Å². The maximum atomic E-state index is 10.1. The second-order valence-corrected chi connectivity index (χ2v) is 8.95. The van der Waals surface area contributed by atoms with Gasteiger partial charge in [-0.15, -0.1) is 0 Å². The van der Waals surface area contributed by atoms with E-state index in [9.17, 15) is 5.11 Å². The van der Waals surface area contributed by atoms with Crippen LogP contribution in [0, 0.1) is 0 Å². The molecule has 4 heteroatoms. The average Bonchev–Trinajstić information content (AvgIpc) is 3.06. The molecule has 1 aliphatic carbocycles. The number of piperidine rings is 1. The third-order valence-corrected chi connectivity index (χ3v) is 7.47. The Bertz CT molecular complexity index is 857. The molecule has 3 aliphatic rings. The lowest BCUT2D eigenvalue weighted by Gasteiger charge is -2.42. The minimum Gasteiger partial charge on any atom is -0.508 e. The number of rotatable bonds is 2. The standard InChI is InChI=1S/C23H27ClN2O/c24-21-5-6-22(27)19-14-25-17(13-18(19)21)15-26-11-9-23(10-12-26)8-7-16-3-1-2-4-20(16)23/h1-6,17,25,27H,7-15H2. The Labute approximate surface area is 166 Å². The Morgan fingerprint density at radius 2 is 1.89 bits per heavy atom. The number of nitrogens with one attached hydrogen (secondary N) is 1. The minimum absolute atomic E-state index is 0.361. The highest BCUT2D eigenvalue weighted by atomic mass is 35.5. The van der Waals surface area contributed by atoms with E-state index >= 15 is 0 Å². The van der Waals surface area contributed by atoms with Crippen LogP contribution < -0.4 is 5.32 Å². The molecule has 1 spiro atoms. The van der Waals surface area contributed by atoms with Gasteiger partial charge in [0.1, 0.15) is 5.75 Å². The maximum absolute atomic E-state index is 10.1. The molecule has 2 aliphatic heterocycles. The molecule has 2 aromatic rings. The minimum atomic E-state index is 0.361. The normalized spacial score (nSPS) is 24.0. The summed E-state index contributed by atoms with van der Waals surface area (Å²) in [5.41, 5.74) is 5.72. The van der Waals surface area contributed by atoms with Crippen molar-refractivity contribution in [3.8, 4) is 5.75 Å². The molecule has 0 bridgehead atoms. The first kappa shape index (κ1) is 17.5. The van der Waals surface area contributed by atoms with Crippen molar-refractivity contribution in [2.45, 2.75) is 50.1 Å². The van der Waals surface area contributed by atoms with Gasteiger partial charge in [-0.25, -0.2) is 0 Å². The van der Waals surface area contributed by atoms with Gasteiger partial charge in [-0.05, 0) is 79.4 Å². The van der Waals surface area contributed by atoms with Crippen LogP contribution >= 0.6 is 11.6 Å². The molecule has 5 rings (SSSR count). The Morgan fingerprint density at radius 3 is 2.74 bits per heavy atom. The predicted molar refractivity (Wildman–Crippen MR) is 110 cm³/mol. The van der Waals surface area contributed by atoms with E-state index in [1.54, 1.807) is 17.2 Å². The summed E-state index contributed by atoms with van der Waals surface area (Å²) in [4.78, 5) is 2.62. The van der Waals surface area contributed by atoms with Crippen molar-refractivity contribution in [3.05, 3.63) is 63.7 Å². The zero-order valence-corrected chi connectivity index (χ0v) is 16.4. The van der Waals surface area contributed by atoms with Crippen LogP contribution in [0.2, 0.25) is 5.02 Å². The summed E-state index contributed by atoms with van der Waals surface area (Å²) in [5, 5.41) is 14.5. The van der Waals surface area contributed by atoms with Crippen LogP contribution in [0.1, 0.15) is 41.5 Å². The molecule has 0 aromatic heterocycles. The van der Waals surface area contributed by atoms with Crippen molar-refractivity contribution in [2.24, 2.45) is 0 Å². The average molecular weight is 383 g/mol. The lowest BCUT2D eigenvalue weighted by Crippen LogP contribution is -2.49. The summed E-state index contributed by atoms with van der Waals surface area (Å²) in [6.07, 6.45) is 6.01. The van der Waals surface area contributed by atoms with Crippen LogP contribution in [0.5, 0.6) is 5.75 Å². The Morgan fingerprint density at radius 1 is 1.07 bits per heavy atom. The van der Waals surface area contributed by atoms with Crippen LogP contribution in [-0.4, -0.2) is 35.7 Å². The van der Waals surface area contributed by atoms with Gasteiger partial charge >= 0.3 is 0 Å². The van der Waals surface area contributed by atoms with Crippen LogP contribution in [0.4, 0.5) is 0 Å². The molecule has 1 fully saturated rings. The van der Waals surface area contributed by atoms with Gasteiger partial charge in [-0.2, -0.15) is 0 Å². The lowest BCUT2D eigenvalue weighted by atomic mass is 9.74. The summed E-state index contributed by atoms with van der Waals surface area (Å²) >= 11 is 6.40. The highest BCUT2D eigenvalue weighted by Gasteiger charge is 2.41. The molecule has 0 saturated carbocycles. The van der Waals surface area contributed by atoms with Crippen molar-refractivity contribution in [1.82, 2.24) is 10.2 Å². The third kappa shape index (κ3) is 3.06. The molecular weight excluding hydrogens is 356 g/mol. The first-order valence-electron chi connectivity index (χ1n) is 10.2. The fourth-order valence-electron chi connectivity index (χ4n) is 5.52. The van der Waals surface area contributed by atoms with E-state index in [2.05, 4.69) is 34.5 Å². The molecular formula is C23H27ClN2O. The van der Waals surface area contributed by atoms with E-state index < -0.39 is 0 Å². The number of aromatic hydroxyl groups is 1. The highest BCUT2D eigenvalue weighted by Crippen LogP contribution is 2.46. The van der Waals surface area contributed by atoms with Crippen molar-refractivity contribution in [3.63, 3.8) is 0 Å². The monoisotopic (exact) mass is 382 g/mol. The maximum Gasteiger partial charge on any atom is 0.120 e. The number of phenolic OH excluding ortho intramolecular Hbond substituents is 1. The van der Waals surface area contributed by atoms with Gasteiger partial charge < -0.3 is 15.3 Å². The molecule has 1 atom stereocenters. The number of likely N-dealkylation sites (tertiary alicyclic amines) is 1. The van der Waals surface area contributed by atoms with Crippen molar-refractivity contribution < 1.29 is 5.11 Å². The van der Waals surface area contributed by atoms with Gasteiger partial charge in [0.15, 0.2) is 0 Å². The predicted octanol–water partition coefficient (Wildman–Crippen LogP) is 4.04. The SMILES string of the molecule is Oc1ccc(Cl)c2c1CNC(CN1CCC3(CCc4ccccc43)CC1)C2. The topological polar surface area (TPSA) is 35.5 Å². The molecule has 1 unspecified atom stereocenters. The zero-order chi connectivity index (χ0) is 18.4. The summed E-state index contributed by atoms with van der Waals surface area (Å²) in [6, 6.07) is 13.0. The Kier molecular flexibility index (Phi) is 4.42. The fraction of sp³-hybridized carbons (Fsp3) is 0.478. The van der Waals surface area contributed by atoms with E-state index in [0.29, 0.717) is 23.8 Å². The molecule has 2 aromatic carbocycles. The Hall–Kier alpha value is -1.55. The van der Waals surface area contributed by atoms with Crippen molar-refractivity contribution >= 4 is 11.6 Å². The molecule has 2 heterocycles. The molecule has 0 amide bonds. The van der Waals surface area contributed by atoms with E-state index in [1.165, 1.54) is 38.8 Å². The largest absolute Gasteiger partial charge is 0.508 e. The molecule has 0 radical (unpaired) electrons. The van der Waals surface area contributed by atoms with Gasteiger partial charge in [0.2, 0.25) is 0 Å². The smallest absolute Gasteiger partial charge is 0.120 e. The number of aryl methyl sites for hydroxylation is 1. The van der Waals surface area contributed by atoms with Crippen molar-refractivity contribution in [2.75, 3.05) is 19.6 Å². The van der Waals surface area contributed by atoms with Crippen molar-refractivity contribution in [1.29, 1.82) is 0 Å². The second kappa shape index (κ2) is 6.80. The number of halogens is 1. The highest BCUT2D eigenvalue weighted by molar-refractivity contribution is 6.31. The van der Waals surface area contributed by atoms with E-state index in [0.717, 1.165) is 29.1 Å². The molecule has 1 saturated heterocycles. The van der Waals surface area contributed by atoms with Gasteiger partial charge in [0.25, 0.3) is 0 Å². The number of benzene rings is 2. The quantitative estimate of drug-likeness (QED) is 0.822. The first-order chi connectivity index (χ1) is 13.1. The number of nitrogens with zero attached hydrogens (tertiary/aromatic N) is 1. The van der Waals surface area contributed by atoms with E-state index in [-0.39, 0.29) is 0 Å². The van der Waals surface area contributed by atoms with Crippen LogP contribution in [-0.2, 0) is 24.8 Å². The number of phenols is 1. The van der Waals surface area contributed by atoms with E-state index in [1.807, 2.05) is 6.07 Å². The number of hydrogen-bond donors (Lipinski definition) is 2. The van der Waals surface area contributed by atoms with Gasteiger partial charge in [0, 0.05) is 29.7 Å². The lowest BCUT2D eigenvalue weighted by molar-refractivity contribution is 0.143. The third-order valence-electron chi connectivity index (χ3n) is 7.12.